The van der Waals surface area contributed by atoms with Gasteiger partial charge in [-0.2, -0.15) is 13.1 Å². The van der Waals surface area contributed by atoms with E-state index in [4.69, 9.17) is 5.73 Å². The third-order valence-electron chi connectivity index (χ3n) is 2.81. The monoisotopic (exact) mass is 249 g/mol. The van der Waals surface area contributed by atoms with Gasteiger partial charge >= 0.3 is 0 Å². The van der Waals surface area contributed by atoms with E-state index in [1.54, 1.807) is 0 Å². The second kappa shape index (κ2) is 5.95. The molecular formula is C10H23N3O2S. The van der Waals surface area contributed by atoms with Crippen LogP contribution in [0.25, 0.3) is 0 Å². The van der Waals surface area contributed by atoms with Crippen molar-refractivity contribution in [3.05, 3.63) is 0 Å². The molecular weight excluding hydrogens is 226 g/mol. The van der Waals surface area contributed by atoms with Crippen molar-refractivity contribution < 1.29 is 8.42 Å². The summed E-state index contributed by atoms with van der Waals surface area (Å²) in [7, 11) is -3.39. The molecule has 1 saturated carbocycles. The summed E-state index contributed by atoms with van der Waals surface area (Å²) >= 11 is 0. The summed E-state index contributed by atoms with van der Waals surface area (Å²) in [4.78, 5) is 0. The van der Waals surface area contributed by atoms with Crippen LogP contribution in [0.2, 0.25) is 0 Å². The molecule has 1 aliphatic rings. The van der Waals surface area contributed by atoms with Gasteiger partial charge in [0.05, 0.1) is 0 Å². The zero-order valence-corrected chi connectivity index (χ0v) is 10.9. The standard InChI is InChI=1S/C10H23N3O2S/c1-8(2)7-12-16(14,15)13-10-6-4-3-5-9(10)11/h8-10,12-13H,3-7,11H2,1-2H3. The summed E-state index contributed by atoms with van der Waals surface area (Å²) in [5.41, 5.74) is 5.89. The van der Waals surface area contributed by atoms with Crippen molar-refractivity contribution in [2.24, 2.45) is 11.7 Å². The Morgan fingerprint density at radius 1 is 1.31 bits per heavy atom. The fourth-order valence-electron chi connectivity index (χ4n) is 1.82. The minimum Gasteiger partial charge on any atom is -0.326 e. The topological polar surface area (TPSA) is 84.2 Å². The van der Waals surface area contributed by atoms with Crippen molar-refractivity contribution >= 4 is 10.2 Å². The van der Waals surface area contributed by atoms with E-state index in [-0.39, 0.29) is 12.1 Å². The lowest BCUT2D eigenvalue weighted by molar-refractivity contribution is 0.359. The van der Waals surface area contributed by atoms with Gasteiger partial charge in [-0.1, -0.05) is 26.7 Å². The van der Waals surface area contributed by atoms with Gasteiger partial charge in [0, 0.05) is 18.6 Å². The predicted molar refractivity (Wildman–Crippen MR) is 65.1 cm³/mol. The average molecular weight is 249 g/mol. The number of rotatable bonds is 5. The molecule has 1 aliphatic carbocycles. The number of hydrogen-bond donors (Lipinski definition) is 3. The molecule has 1 rings (SSSR count). The molecule has 2 unspecified atom stereocenters. The van der Waals surface area contributed by atoms with Gasteiger partial charge in [-0.25, -0.2) is 4.72 Å². The minimum atomic E-state index is -3.39. The summed E-state index contributed by atoms with van der Waals surface area (Å²) < 4.78 is 28.5. The third-order valence-corrected chi connectivity index (χ3v) is 3.97. The molecule has 4 N–H and O–H groups in total. The van der Waals surface area contributed by atoms with Crippen LogP contribution in [0.4, 0.5) is 0 Å². The molecule has 0 saturated heterocycles. The molecule has 0 bridgehead atoms. The Morgan fingerprint density at radius 2 is 1.94 bits per heavy atom. The number of nitrogens with one attached hydrogen (secondary N) is 2. The van der Waals surface area contributed by atoms with Crippen molar-refractivity contribution in [2.75, 3.05) is 6.54 Å². The summed E-state index contributed by atoms with van der Waals surface area (Å²) in [6, 6.07) is -0.164. The molecule has 0 aliphatic heterocycles. The van der Waals surface area contributed by atoms with Crippen LogP contribution in [0.3, 0.4) is 0 Å². The first-order chi connectivity index (χ1) is 7.41. The maximum absolute atomic E-state index is 11.7. The highest BCUT2D eigenvalue weighted by molar-refractivity contribution is 7.87. The van der Waals surface area contributed by atoms with E-state index in [2.05, 4.69) is 9.44 Å². The average Bonchev–Trinajstić information content (AvgIpc) is 2.19. The van der Waals surface area contributed by atoms with Crippen LogP contribution in [0.15, 0.2) is 0 Å². The lowest BCUT2D eigenvalue weighted by Gasteiger charge is -2.29. The highest BCUT2D eigenvalue weighted by atomic mass is 32.2. The van der Waals surface area contributed by atoms with E-state index in [1.807, 2.05) is 13.8 Å². The normalized spacial score (nSPS) is 27.2. The first kappa shape index (κ1) is 13.9. The highest BCUT2D eigenvalue weighted by Crippen LogP contribution is 2.17. The summed E-state index contributed by atoms with van der Waals surface area (Å²) in [5, 5.41) is 0. The van der Waals surface area contributed by atoms with Gasteiger partial charge in [0.2, 0.25) is 0 Å². The molecule has 2 atom stereocenters. The molecule has 0 aromatic carbocycles. The molecule has 0 amide bonds. The van der Waals surface area contributed by atoms with Crippen molar-refractivity contribution in [3.8, 4) is 0 Å². The van der Waals surface area contributed by atoms with Gasteiger partial charge in [0.15, 0.2) is 0 Å². The van der Waals surface area contributed by atoms with Crippen LogP contribution in [-0.4, -0.2) is 27.0 Å². The molecule has 0 spiro atoms. The van der Waals surface area contributed by atoms with Crippen molar-refractivity contribution in [1.29, 1.82) is 0 Å². The molecule has 5 nitrogen and oxygen atoms in total. The predicted octanol–water partition coefficient (Wildman–Crippen LogP) is 0.336. The van der Waals surface area contributed by atoms with E-state index in [1.165, 1.54) is 0 Å². The van der Waals surface area contributed by atoms with E-state index in [9.17, 15) is 8.42 Å². The Balaban J connectivity index is 2.44. The molecule has 6 heteroatoms. The van der Waals surface area contributed by atoms with Gasteiger partial charge in [0.25, 0.3) is 10.2 Å². The van der Waals surface area contributed by atoms with E-state index in [0.717, 1.165) is 25.7 Å². The lowest BCUT2D eigenvalue weighted by Crippen LogP contribution is -2.52. The maximum atomic E-state index is 11.7. The maximum Gasteiger partial charge on any atom is 0.277 e. The van der Waals surface area contributed by atoms with Crippen LogP contribution >= 0.6 is 0 Å². The zero-order chi connectivity index (χ0) is 12.2. The highest BCUT2D eigenvalue weighted by Gasteiger charge is 2.25. The first-order valence-electron chi connectivity index (χ1n) is 5.93. The second-order valence-electron chi connectivity index (χ2n) is 4.92. The molecule has 96 valence electrons. The van der Waals surface area contributed by atoms with Crippen LogP contribution < -0.4 is 15.2 Å². The number of hydrogen-bond acceptors (Lipinski definition) is 3. The van der Waals surface area contributed by atoms with Crippen molar-refractivity contribution in [2.45, 2.75) is 51.6 Å². The fourth-order valence-corrected chi connectivity index (χ4v) is 3.15. The van der Waals surface area contributed by atoms with E-state index >= 15 is 0 Å². The molecule has 0 aromatic rings. The quantitative estimate of drug-likeness (QED) is 0.657. The van der Waals surface area contributed by atoms with E-state index in [0.29, 0.717) is 12.5 Å². The Bertz CT molecular complexity index is 303. The van der Waals surface area contributed by atoms with Gasteiger partial charge < -0.3 is 5.73 Å². The van der Waals surface area contributed by atoms with Gasteiger partial charge in [0.1, 0.15) is 0 Å². The second-order valence-corrected chi connectivity index (χ2v) is 6.45. The van der Waals surface area contributed by atoms with Crippen LogP contribution in [0.5, 0.6) is 0 Å². The van der Waals surface area contributed by atoms with Crippen molar-refractivity contribution in [3.63, 3.8) is 0 Å². The Morgan fingerprint density at radius 3 is 2.50 bits per heavy atom. The summed E-state index contributed by atoms with van der Waals surface area (Å²) in [5.74, 6) is 0.302. The smallest absolute Gasteiger partial charge is 0.277 e. The molecule has 1 fully saturated rings. The zero-order valence-electron chi connectivity index (χ0n) is 10.1. The molecule has 0 aromatic heterocycles. The van der Waals surface area contributed by atoms with Gasteiger partial charge in [-0.15, -0.1) is 0 Å². The lowest BCUT2D eigenvalue weighted by atomic mass is 9.92. The minimum absolute atomic E-state index is 0.0515. The fraction of sp³-hybridized carbons (Fsp3) is 1.00. The Hall–Kier alpha value is -0.170. The molecule has 0 radical (unpaired) electrons. The first-order valence-corrected chi connectivity index (χ1v) is 7.41. The van der Waals surface area contributed by atoms with Crippen LogP contribution in [0, 0.1) is 5.92 Å². The van der Waals surface area contributed by atoms with Crippen LogP contribution in [0.1, 0.15) is 39.5 Å². The Kier molecular flexibility index (Phi) is 5.17. The van der Waals surface area contributed by atoms with Gasteiger partial charge in [-0.05, 0) is 18.8 Å². The largest absolute Gasteiger partial charge is 0.326 e. The number of nitrogens with two attached hydrogens (primary N) is 1. The van der Waals surface area contributed by atoms with Crippen LogP contribution in [-0.2, 0) is 10.2 Å². The Labute approximate surface area is 98.4 Å². The SMILES string of the molecule is CC(C)CNS(=O)(=O)NC1CCCCC1N. The molecule has 16 heavy (non-hydrogen) atoms. The third kappa shape index (κ3) is 4.78. The van der Waals surface area contributed by atoms with Crippen molar-refractivity contribution in [1.82, 2.24) is 9.44 Å². The van der Waals surface area contributed by atoms with E-state index < -0.39 is 10.2 Å². The summed E-state index contributed by atoms with van der Waals surface area (Å²) in [6.07, 6.45) is 3.88. The van der Waals surface area contributed by atoms with Gasteiger partial charge in [-0.3, -0.25) is 0 Å². The summed E-state index contributed by atoms with van der Waals surface area (Å²) in [6.45, 7) is 4.39. The molecule has 0 heterocycles.